The van der Waals surface area contributed by atoms with Gasteiger partial charge in [0.05, 0.1) is 5.56 Å². The van der Waals surface area contributed by atoms with Crippen molar-refractivity contribution in [3.8, 4) is 0 Å². The summed E-state index contributed by atoms with van der Waals surface area (Å²) in [4.78, 5) is 25.4. The highest BCUT2D eigenvalue weighted by Gasteiger charge is 2.28. The second kappa shape index (κ2) is 6.74. The third-order valence-electron chi connectivity index (χ3n) is 4.24. The molecule has 4 nitrogen and oxygen atoms in total. The van der Waals surface area contributed by atoms with Crippen LogP contribution in [-0.2, 0) is 17.9 Å². The zero-order valence-electron chi connectivity index (χ0n) is 12.8. The SMILES string of the molecule is CCCCC(CC)C(=O)N1Cc2ccc(C(=O)O)cc2C1. The van der Waals surface area contributed by atoms with Gasteiger partial charge in [-0.2, -0.15) is 0 Å². The Bertz CT molecular complexity index is 539. The van der Waals surface area contributed by atoms with Crippen LogP contribution in [0.25, 0.3) is 0 Å². The van der Waals surface area contributed by atoms with Gasteiger partial charge in [0.15, 0.2) is 0 Å². The van der Waals surface area contributed by atoms with Crippen LogP contribution >= 0.6 is 0 Å². The van der Waals surface area contributed by atoms with Crippen LogP contribution in [0.4, 0.5) is 0 Å². The smallest absolute Gasteiger partial charge is 0.335 e. The van der Waals surface area contributed by atoms with Gasteiger partial charge < -0.3 is 10.0 Å². The lowest BCUT2D eigenvalue weighted by Crippen LogP contribution is -2.31. The van der Waals surface area contributed by atoms with Crippen molar-refractivity contribution < 1.29 is 14.7 Å². The fraction of sp³-hybridized carbons (Fsp3) is 0.529. The molecule has 0 aliphatic carbocycles. The molecule has 0 aromatic heterocycles. The Morgan fingerprint density at radius 2 is 1.95 bits per heavy atom. The van der Waals surface area contributed by atoms with Crippen molar-refractivity contribution in [2.24, 2.45) is 5.92 Å². The van der Waals surface area contributed by atoms with Crippen molar-refractivity contribution in [3.63, 3.8) is 0 Å². The molecule has 114 valence electrons. The van der Waals surface area contributed by atoms with E-state index in [4.69, 9.17) is 5.11 Å². The van der Waals surface area contributed by atoms with Gasteiger partial charge in [0.2, 0.25) is 5.91 Å². The number of hydrogen-bond donors (Lipinski definition) is 1. The minimum absolute atomic E-state index is 0.0956. The first-order valence-corrected chi connectivity index (χ1v) is 7.70. The lowest BCUT2D eigenvalue weighted by atomic mass is 9.98. The van der Waals surface area contributed by atoms with E-state index in [0.29, 0.717) is 18.7 Å². The first-order chi connectivity index (χ1) is 10.1. The summed E-state index contributed by atoms with van der Waals surface area (Å²) in [6.45, 7) is 5.34. The van der Waals surface area contributed by atoms with Crippen molar-refractivity contribution in [1.29, 1.82) is 0 Å². The molecular weight excluding hydrogens is 266 g/mol. The molecule has 2 rings (SSSR count). The highest BCUT2D eigenvalue weighted by atomic mass is 16.4. The second-order valence-electron chi connectivity index (χ2n) is 5.73. The predicted molar refractivity (Wildman–Crippen MR) is 81.0 cm³/mol. The van der Waals surface area contributed by atoms with Gasteiger partial charge >= 0.3 is 5.97 Å². The number of hydrogen-bond acceptors (Lipinski definition) is 2. The fourth-order valence-electron chi connectivity index (χ4n) is 2.89. The van der Waals surface area contributed by atoms with Crippen LogP contribution < -0.4 is 0 Å². The molecule has 1 aromatic carbocycles. The Labute approximate surface area is 125 Å². The number of amides is 1. The number of carboxylic acid groups (broad SMARTS) is 1. The van der Waals surface area contributed by atoms with Crippen molar-refractivity contribution in [1.82, 2.24) is 4.90 Å². The number of carboxylic acids is 1. The lowest BCUT2D eigenvalue weighted by Gasteiger charge is -2.22. The lowest BCUT2D eigenvalue weighted by molar-refractivity contribution is -0.136. The quantitative estimate of drug-likeness (QED) is 0.872. The van der Waals surface area contributed by atoms with E-state index in [2.05, 4.69) is 13.8 Å². The maximum absolute atomic E-state index is 12.6. The predicted octanol–water partition coefficient (Wildman–Crippen LogP) is 3.44. The molecule has 21 heavy (non-hydrogen) atoms. The number of fused-ring (bicyclic) bond motifs is 1. The summed E-state index contributed by atoms with van der Waals surface area (Å²) in [7, 11) is 0. The van der Waals surface area contributed by atoms with E-state index in [1.165, 1.54) is 0 Å². The molecule has 0 bridgehead atoms. The molecule has 1 atom stereocenters. The van der Waals surface area contributed by atoms with E-state index < -0.39 is 5.97 Å². The van der Waals surface area contributed by atoms with Crippen molar-refractivity contribution in [3.05, 3.63) is 34.9 Å². The van der Waals surface area contributed by atoms with Gasteiger partial charge in [-0.05, 0) is 36.1 Å². The third-order valence-corrected chi connectivity index (χ3v) is 4.24. The van der Waals surface area contributed by atoms with Crippen LogP contribution in [0.3, 0.4) is 0 Å². The van der Waals surface area contributed by atoms with Crippen molar-refractivity contribution in [2.75, 3.05) is 0 Å². The number of rotatable bonds is 6. The van der Waals surface area contributed by atoms with E-state index in [1.807, 2.05) is 11.0 Å². The largest absolute Gasteiger partial charge is 0.478 e. The standard InChI is InChI=1S/C17H23NO3/c1-3-5-6-12(4-2)16(19)18-10-14-8-7-13(17(20)21)9-15(14)11-18/h7-9,12H,3-6,10-11H2,1-2H3,(H,20,21). The summed E-state index contributed by atoms with van der Waals surface area (Å²) in [5.74, 6) is -0.616. The first kappa shape index (κ1) is 15.5. The number of nitrogens with zero attached hydrogens (tertiary/aromatic N) is 1. The van der Waals surface area contributed by atoms with Crippen LogP contribution in [0.1, 0.15) is 61.0 Å². The van der Waals surface area contributed by atoms with Gasteiger partial charge in [-0.15, -0.1) is 0 Å². The Kier molecular flexibility index (Phi) is 4.99. The summed E-state index contributed by atoms with van der Waals surface area (Å²) in [6, 6.07) is 5.14. The minimum Gasteiger partial charge on any atom is -0.478 e. The molecule has 0 spiro atoms. The molecule has 1 heterocycles. The zero-order valence-corrected chi connectivity index (χ0v) is 12.8. The number of carbonyl (C=O) groups is 2. The Morgan fingerprint density at radius 3 is 2.57 bits per heavy atom. The van der Waals surface area contributed by atoms with Crippen LogP contribution in [0.15, 0.2) is 18.2 Å². The summed E-state index contributed by atoms with van der Waals surface area (Å²) < 4.78 is 0. The van der Waals surface area contributed by atoms with Crippen molar-refractivity contribution in [2.45, 2.75) is 52.6 Å². The van der Waals surface area contributed by atoms with E-state index in [0.717, 1.165) is 36.8 Å². The highest BCUT2D eigenvalue weighted by molar-refractivity contribution is 5.88. The number of aromatic carboxylic acids is 1. The monoisotopic (exact) mass is 289 g/mol. The van der Waals surface area contributed by atoms with Gasteiger partial charge in [0, 0.05) is 19.0 Å². The molecule has 4 heteroatoms. The number of benzene rings is 1. The molecular formula is C17H23NO3. The van der Waals surface area contributed by atoms with E-state index >= 15 is 0 Å². The summed E-state index contributed by atoms with van der Waals surface area (Å²) in [6.07, 6.45) is 3.99. The Hall–Kier alpha value is -1.84. The Morgan fingerprint density at radius 1 is 1.24 bits per heavy atom. The molecule has 1 aliphatic heterocycles. The topological polar surface area (TPSA) is 57.6 Å². The number of carbonyl (C=O) groups excluding carboxylic acids is 1. The van der Waals surface area contributed by atoms with Crippen LogP contribution in [0.2, 0.25) is 0 Å². The van der Waals surface area contributed by atoms with Crippen molar-refractivity contribution >= 4 is 11.9 Å². The van der Waals surface area contributed by atoms with Gasteiger partial charge in [-0.25, -0.2) is 4.79 Å². The van der Waals surface area contributed by atoms with Crippen LogP contribution in [0.5, 0.6) is 0 Å². The van der Waals surface area contributed by atoms with E-state index in [1.54, 1.807) is 12.1 Å². The van der Waals surface area contributed by atoms with Gasteiger partial charge in [-0.3, -0.25) is 4.79 Å². The van der Waals surface area contributed by atoms with Gasteiger partial charge in [-0.1, -0.05) is 32.8 Å². The summed E-state index contributed by atoms with van der Waals surface area (Å²) >= 11 is 0. The molecule has 0 radical (unpaired) electrons. The maximum atomic E-state index is 12.6. The highest BCUT2D eigenvalue weighted by Crippen LogP contribution is 2.27. The molecule has 1 amide bonds. The van der Waals surface area contributed by atoms with Gasteiger partial charge in [0.25, 0.3) is 0 Å². The third kappa shape index (κ3) is 3.43. The molecule has 0 fully saturated rings. The molecule has 0 saturated heterocycles. The second-order valence-corrected chi connectivity index (χ2v) is 5.73. The minimum atomic E-state index is -0.919. The van der Waals surface area contributed by atoms with Gasteiger partial charge in [0.1, 0.15) is 0 Å². The average Bonchev–Trinajstić information content (AvgIpc) is 2.90. The normalized spacial score (nSPS) is 14.9. The summed E-state index contributed by atoms with van der Waals surface area (Å²) in [5.41, 5.74) is 2.33. The zero-order chi connectivity index (χ0) is 15.4. The van der Waals surface area contributed by atoms with E-state index in [-0.39, 0.29) is 11.8 Å². The molecule has 1 aromatic rings. The molecule has 1 aliphatic rings. The first-order valence-electron chi connectivity index (χ1n) is 7.70. The van der Waals surface area contributed by atoms with Crippen LogP contribution in [-0.4, -0.2) is 21.9 Å². The molecule has 1 N–H and O–H groups in total. The average molecular weight is 289 g/mol. The number of unbranched alkanes of at least 4 members (excludes halogenated alkanes) is 1. The van der Waals surface area contributed by atoms with Crippen LogP contribution in [0, 0.1) is 5.92 Å². The maximum Gasteiger partial charge on any atom is 0.335 e. The van der Waals surface area contributed by atoms with E-state index in [9.17, 15) is 9.59 Å². The molecule has 0 saturated carbocycles. The molecule has 1 unspecified atom stereocenters. The fourth-order valence-corrected chi connectivity index (χ4v) is 2.89. The summed E-state index contributed by atoms with van der Waals surface area (Å²) in [5, 5.41) is 9.03. The Balaban J connectivity index is 2.07.